The first-order valence-electron chi connectivity index (χ1n) is 7.62. The van der Waals surface area contributed by atoms with Crippen LogP contribution < -0.4 is 0 Å². The largest absolute Gasteiger partial charge is 0.413 e. The molecule has 2 rings (SSSR count). The smallest absolute Gasteiger partial charge is 0.355 e. The molecule has 5 heteroatoms. The van der Waals surface area contributed by atoms with Crippen molar-refractivity contribution >= 4 is 5.83 Å². The van der Waals surface area contributed by atoms with Gasteiger partial charge in [0.2, 0.25) is 0 Å². The molecule has 1 atom stereocenters. The second kappa shape index (κ2) is 6.31. The Morgan fingerprint density at radius 1 is 1.18 bits per heavy atom. The Bertz CT molecular complexity index is 560. The molecule has 0 bridgehead atoms. The zero-order valence-corrected chi connectivity index (χ0v) is 13.0. The van der Waals surface area contributed by atoms with Crippen LogP contribution in [0.5, 0.6) is 0 Å². The van der Waals surface area contributed by atoms with Crippen molar-refractivity contribution < 1.29 is 17.6 Å². The van der Waals surface area contributed by atoms with E-state index >= 15 is 0 Å². The molecule has 1 nitrogen and oxygen atoms in total. The van der Waals surface area contributed by atoms with Gasteiger partial charge in [-0.15, -0.1) is 0 Å². The molecule has 0 fully saturated rings. The Morgan fingerprint density at radius 3 is 2.36 bits per heavy atom. The fourth-order valence-electron chi connectivity index (χ4n) is 3.04. The lowest BCUT2D eigenvalue weighted by molar-refractivity contribution is -0.186. The highest BCUT2D eigenvalue weighted by Crippen LogP contribution is 2.49. The highest BCUT2D eigenvalue weighted by molar-refractivity contribution is 5.68. The van der Waals surface area contributed by atoms with Crippen molar-refractivity contribution in [1.29, 1.82) is 0 Å². The number of unbranched alkanes of at least 4 members (excludes halogenated alkanes) is 1. The van der Waals surface area contributed by atoms with Crippen LogP contribution in [-0.4, -0.2) is 17.1 Å². The summed E-state index contributed by atoms with van der Waals surface area (Å²) in [6, 6.07) is 3.70. The Hall–Kier alpha value is -1.52. The van der Waals surface area contributed by atoms with Gasteiger partial charge in [-0.1, -0.05) is 37.6 Å². The Balaban J connectivity index is 2.64. The van der Waals surface area contributed by atoms with Gasteiger partial charge in [0.25, 0.3) is 0 Å². The highest BCUT2D eigenvalue weighted by Gasteiger charge is 2.49. The van der Waals surface area contributed by atoms with Crippen LogP contribution in [0.1, 0.15) is 57.2 Å². The molecular weight excluding hydrogens is 294 g/mol. The monoisotopic (exact) mass is 315 g/mol. The third-order valence-corrected chi connectivity index (χ3v) is 3.97. The second-order valence-electron chi connectivity index (χ2n) is 5.90. The average molecular weight is 315 g/mol. The fourth-order valence-corrected chi connectivity index (χ4v) is 3.04. The summed E-state index contributed by atoms with van der Waals surface area (Å²) < 4.78 is 55.8. The molecule has 1 heterocycles. The number of hydrogen-bond donors (Lipinski definition) is 0. The minimum atomic E-state index is -4.45. The van der Waals surface area contributed by atoms with E-state index in [1.807, 2.05) is 6.92 Å². The number of benzene rings is 1. The predicted molar refractivity (Wildman–Crippen MR) is 79.8 cm³/mol. The van der Waals surface area contributed by atoms with Gasteiger partial charge in [-0.05, 0) is 32.3 Å². The lowest BCUT2D eigenvalue weighted by Crippen LogP contribution is -2.44. The van der Waals surface area contributed by atoms with Gasteiger partial charge < -0.3 is 4.90 Å². The van der Waals surface area contributed by atoms with Crippen LogP contribution in [0.3, 0.4) is 0 Å². The topological polar surface area (TPSA) is 3.24 Å². The van der Waals surface area contributed by atoms with Gasteiger partial charge >= 0.3 is 6.18 Å². The molecule has 1 aromatic rings. The van der Waals surface area contributed by atoms with Crippen molar-refractivity contribution in [2.24, 2.45) is 0 Å². The molecule has 0 saturated heterocycles. The maximum Gasteiger partial charge on any atom is 0.413 e. The molecule has 122 valence electrons. The summed E-state index contributed by atoms with van der Waals surface area (Å²) in [5.74, 6) is -0.516. The standard InChI is InChI=1S/C17H21F4N/c1-4-5-10-14-15(18)12-8-6-7-9-13(12)16(17(19,20)21)22(14)11(2)3/h6-9,11,16H,4-5,10H2,1-3H3. The number of alkyl halides is 3. The fraction of sp³-hybridized carbons (Fsp3) is 0.529. The third kappa shape index (κ3) is 2.99. The lowest BCUT2D eigenvalue weighted by Gasteiger charge is -2.43. The minimum absolute atomic E-state index is 0.00134. The van der Waals surface area contributed by atoms with E-state index < -0.39 is 24.1 Å². The summed E-state index contributed by atoms with van der Waals surface area (Å²) in [5.41, 5.74) is 0.257. The van der Waals surface area contributed by atoms with E-state index in [0.717, 1.165) is 6.42 Å². The van der Waals surface area contributed by atoms with E-state index in [2.05, 4.69) is 0 Å². The zero-order chi connectivity index (χ0) is 16.5. The number of allylic oxidation sites excluding steroid dienone is 1. The molecule has 1 aliphatic heterocycles. The lowest BCUT2D eigenvalue weighted by atomic mass is 9.90. The van der Waals surface area contributed by atoms with E-state index in [0.29, 0.717) is 12.8 Å². The van der Waals surface area contributed by atoms with Crippen LogP contribution in [-0.2, 0) is 0 Å². The van der Waals surface area contributed by atoms with E-state index in [4.69, 9.17) is 0 Å². The summed E-state index contributed by atoms with van der Waals surface area (Å²) in [6.45, 7) is 5.29. The van der Waals surface area contributed by atoms with Crippen LogP contribution in [0.2, 0.25) is 0 Å². The predicted octanol–water partition coefficient (Wildman–Crippen LogP) is 5.84. The van der Waals surface area contributed by atoms with Crippen LogP contribution in [0.25, 0.3) is 5.83 Å². The molecule has 0 radical (unpaired) electrons. The SMILES string of the molecule is CCCCC1=C(F)c2ccccc2C(C(F)(F)F)N1C(C)C. The Kier molecular flexibility index (Phi) is 4.83. The van der Waals surface area contributed by atoms with Crippen molar-refractivity contribution in [2.45, 2.75) is 58.3 Å². The van der Waals surface area contributed by atoms with E-state index in [-0.39, 0.29) is 16.8 Å². The maximum absolute atomic E-state index is 14.8. The molecule has 1 aliphatic rings. The maximum atomic E-state index is 14.8. The van der Waals surface area contributed by atoms with Gasteiger partial charge in [0, 0.05) is 11.6 Å². The summed E-state index contributed by atoms with van der Waals surface area (Å²) in [5, 5.41) is 0. The van der Waals surface area contributed by atoms with Crippen LogP contribution in [0.15, 0.2) is 30.0 Å². The first-order valence-corrected chi connectivity index (χ1v) is 7.62. The van der Waals surface area contributed by atoms with Gasteiger partial charge in [-0.25, -0.2) is 4.39 Å². The van der Waals surface area contributed by atoms with E-state index in [1.54, 1.807) is 19.9 Å². The molecule has 0 N–H and O–H groups in total. The van der Waals surface area contributed by atoms with Crippen molar-refractivity contribution in [3.63, 3.8) is 0 Å². The van der Waals surface area contributed by atoms with Gasteiger partial charge in [-0.2, -0.15) is 13.2 Å². The molecule has 0 saturated carbocycles. The molecule has 1 unspecified atom stereocenters. The van der Waals surface area contributed by atoms with E-state index in [1.165, 1.54) is 23.1 Å². The first kappa shape index (κ1) is 16.8. The second-order valence-corrected chi connectivity index (χ2v) is 5.90. The van der Waals surface area contributed by atoms with Crippen LogP contribution in [0, 0.1) is 0 Å². The first-order chi connectivity index (χ1) is 10.3. The van der Waals surface area contributed by atoms with Crippen molar-refractivity contribution in [3.05, 3.63) is 41.1 Å². The highest BCUT2D eigenvalue weighted by atomic mass is 19.4. The van der Waals surface area contributed by atoms with Crippen molar-refractivity contribution in [3.8, 4) is 0 Å². The summed E-state index contributed by atoms with van der Waals surface area (Å²) in [7, 11) is 0. The normalized spacial score (nSPS) is 18.9. The molecule has 22 heavy (non-hydrogen) atoms. The molecule has 0 aliphatic carbocycles. The number of fused-ring (bicyclic) bond motifs is 1. The summed E-state index contributed by atoms with van der Waals surface area (Å²) in [4.78, 5) is 1.20. The quantitative estimate of drug-likeness (QED) is 0.631. The van der Waals surface area contributed by atoms with Gasteiger partial charge in [0.05, 0.1) is 5.70 Å². The van der Waals surface area contributed by atoms with Crippen molar-refractivity contribution in [1.82, 2.24) is 4.90 Å². The number of halogens is 4. The molecule has 0 aromatic heterocycles. The van der Waals surface area contributed by atoms with E-state index in [9.17, 15) is 17.6 Å². The molecule has 0 amide bonds. The Morgan fingerprint density at radius 2 is 1.82 bits per heavy atom. The van der Waals surface area contributed by atoms with Gasteiger partial charge in [0.15, 0.2) is 6.04 Å². The van der Waals surface area contributed by atoms with Gasteiger partial charge in [0.1, 0.15) is 5.83 Å². The summed E-state index contributed by atoms with van der Waals surface area (Å²) >= 11 is 0. The number of nitrogens with zero attached hydrogens (tertiary/aromatic N) is 1. The van der Waals surface area contributed by atoms with Gasteiger partial charge in [-0.3, -0.25) is 0 Å². The number of hydrogen-bond acceptors (Lipinski definition) is 1. The van der Waals surface area contributed by atoms with Crippen LogP contribution >= 0.6 is 0 Å². The third-order valence-electron chi connectivity index (χ3n) is 3.97. The zero-order valence-electron chi connectivity index (χ0n) is 13.0. The molecule has 0 spiro atoms. The van der Waals surface area contributed by atoms with Crippen LogP contribution in [0.4, 0.5) is 17.6 Å². The number of rotatable bonds is 4. The molecular formula is C17H21F4N. The average Bonchev–Trinajstić information content (AvgIpc) is 2.44. The Labute approximate surface area is 128 Å². The minimum Gasteiger partial charge on any atom is -0.355 e. The molecule has 1 aromatic carbocycles. The summed E-state index contributed by atoms with van der Waals surface area (Å²) in [6.07, 6.45) is -2.65. The van der Waals surface area contributed by atoms with Crippen molar-refractivity contribution in [2.75, 3.05) is 0 Å².